The Bertz CT molecular complexity index is 605. The van der Waals surface area contributed by atoms with Gasteiger partial charge in [-0.05, 0) is 43.9 Å². The number of hydrogen-bond donors (Lipinski definition) is 1. The standard InChI is InChI=1S/C20H29ClN2O4/c1-2-26-14-19-12-23(17-7-9-22(10-8-17)20(24)25)18(13-27-19)11-15-3-5-16(21)6-4-15/h3-6,17-19H,2,7-14H2,1H3,(H,24,25)/t18-,19+/m0/s1. The summed E-state index contributed by atoms with van der Waals surface area (Å²) in [4.78, 5) is 15.3. The summed E-state index contributed by atoms with van der Waals surface area (Å²) in [6.45, 7) is 5.98. The Kier molecular flexibility index (Phi) is 7.35. The Morgan fingerprint density at radius 2 is 2.00 bits per heavy atom. The van der Waals surface area contributed by atoms with E-state index in [9.17, 15) is 9.90 Å². The summed E-state index contributed by atoms with van der Waals surface area (Å²) in [5.74, 6) is 0. The Morgan fingerprint density at radius 3 is 2.63 bits per heavy atom. The van der Waals surface area contributed by atoms with E-state index in [1.54, 1.807) is 0 Å². The molecule has 1 aromatic carbocycles. The fraction of sp³-hybridized carbons (Fsp3) is 0.650. The summed E-state index contributed by atoms with van der Waals surface area (Å²) < 4.78 is 11.6. The van der Waals surface area contributed by atoms with Crippen LogP contribution in [0.25, 0.3) is 0 Å². The van der Waals surface area contributed by atoms with Crippen molar-refractivity contribution in [2.45, 2.75) is 44.4 Å². The van der Waals surface area contributed by atoms with Crippen molar-refractivity contribution in [3.05, 3.63) is 34.9 Å². The van der Waals surface area contributed by atoms with E-state index < -0.39 is 6.09 Å². The predicted octanol–water partition coefficient (Wildman–Crippen LogP) is 3.13. The first-order valence-corrected chi connectivity index (χ1v) is 10.1. The van der Waals surface area contributed by atoms with E-state index >= 15 is 0 Å². The molecular weight excluding hydrogens is 368 g/mol. The molecule has 1 N–H and O–H groups in total. The lowest BCUT2D eigenvalue weighted by Crippen LogP contribution is -2.58. The lowest BCUT2D eigenvalue weighted by molar-refractivity contribution is -0.110. The number of benzene rings is 1. The minimum absolute atomic E-state index is 0.0731. The molecule has 7 heteroatoms. The predicted molar refractivity (Wildman–Crippen MR) is 105 cm³/mol. The third kappa shape index (κ3) is 5.57. The van der Waals surface area contributed by atoms with Crippen LogP contribution in [0.2, 0.25) is 5.02 Å². The highest BCUT2D eigenvalue weighted by molar-refractivity contribution is 6.30. The van der Waals surface area contributed by atoms with Crippen LogP contribution in [0.4, 0.5) is 4.79 Å². The molecule has 1 amide bonds. The monoisotopic (exact) mass is 396 g/mol. The summed E-state index contributed by atoms with van der Waals surface area (Å²) in [6, 6.07) is 8.65. The molecule has 6 nitrogen and oxygen atoms in total. The van der Waals surface area contributed by atoms with Crippen molar-refractivity contribution in [2.75, 3.05) is 39.5 Å². The Balaban J connectivity index is 1.67. The smallest absolute Gasteiger partial charge is 0.407 e. The van der Waals surface area contributed by atoms with E-state index in [1.807, 2.05) is 19.1 Å². The van der Waals surface area contributed by atoms with Crippen LogP contribution in [0.5, 0.6) is 0 Å². The molecule has 2 aliphatic rings. The SMILES string of the molecule is CCOC[C@H]1CN(C2CCN(C(=O)O)CC2)[C@@H](Cc2ccc(Cl)cc2)CO1. The van der Waals surface area contributed by atoms with Gasteiger partial charge in [0.2, 0.25) is 0 Å². The Morgan fingerprint density at radius 1 is 1.30 bits per heavy atom. The quantitative estimate of drug-likeness (QED) is 0.800. The number of carbonyl (C=O) groups is 1. The number of piperidine rings is 1. The largest absolute Gasteiger partial charge is 0.465 e. The second kappa shape index (κ2) is 9.73. The first-order chi connectivity index (χ1) is 13.1. The minimum atomic E-state index is -0.817. The normalized spacial score (nSPS) is 24.9. The second-order valence-corrected chi connectivity index (χ2v) is 7.73. The first kappa shape index (κ1) is 20.4. The molecule has 2 fully saturated rings. The molecule has 3 rings (SSSR count). The zero-order chi connectivity index (χ0) is 19.2. The van der Waals surface area contributed by atoms with Crippen LogP contribution >= 0.6 is 11.6 Å². The molecule has 0 spiro atoms. The van der Waals surface area contributed by atoms with Crippen LogP contribution in [0.3, 0.4) is 0 Å². The van der Waals surface area contributed by atoms with E-state index in [2.05, 4.69) is 17.0 Å². The van der Waals surface area contributed by atoms with Gasteiger partial charge < -0.3 is 19.5 Å². The van der Waals surface area contributed by atoms with Gasteiger partial charge in [0.15, 0.2) is 0 Å². The number of amides is 1. The summed E-state index contributed by atoms with van der Waals surface area (Å²) in [5, 5.41) is 9.95. The summed E-state index contributed by atoms with van der Waals surface area (Å²) in [6.07, 6.45) is 1.89. The third-order valence-electron chi connectivity index (χ3n) is 5.50. The second-order valence-electron chi connectivity index (χ2n) is 7.30. The molecule has 0 saturated carbocycles. The maximum atomic E-state index is 11.2. The van der Waals surface area contributed by atoms with Gasteiger partial charge in [-0.1, -0.05) is 23.7 Å². The summed E-state index contributed by atoms with van der Waals surface area (Å²) in [5.41, 5.74) is 1.24. The summed E-state index contributed by atoms with van der Waals surface area (Å²) in [7, 11) is 0. The molecule has 0 aromatic heterocycles. The average molecular weight is 397 g/mol. The number of morpholine rings is 1. The fourth-order valence-electron chi connectivity index (χ4n) is 4.03. The molecule has 2 heterocycles. The topological polar surface area (TPSA) is 62.2 Å². The van der Waals surface area contributed by atoms with Crippen molar-refractivity contribution in [2.24, 2.45) is 0 Å². The van der Waals surface area contributed by atoms with Crippen LogP contribution < -0.4 is 0 Å². The molecule has 27 heavy (non-hydrogen) atoms. The van der Waals surface area contributed by atoms with Crippen LogP contribution in [0, 0.1) is 0 Å². The number of nitrogens with zero attached hydrogens (tertiary/aromatic N) is 2. The Labute approximate surface area is 166 Å². The van der Waals surface area contributed by atoms with Crippen LogP contribution in [-0.4, -0.2) is 78.6 Å². The maximum absolute atomic E-state index is 11.2. The molecule has 1 aromatic rings. The van der Waals surface area contributed by atoms with Gasteiger partial charge in [-0.2, -0.15) is 0 Å². The molecule has 0 aliphatic carbocycles. The van der Waals surface area contributed by atoms with E-state index in [4.69, 9.17) is 21.1 Å². The molecule has 0 unspecified atom stereocenters. The first-order valence-electron chi connectivity index (χ1n) is 9.74. The van der Waals surface area contributed by atoms with Crippen molar-refractivity contribution in [3.63, 3.8) is 0 Å². The molecule has 0 radical (unpaired) electrons. The molecule has 0 bridgehead atoms. The molecule has 2 saturated heterocycles. The lowest BCUT2D eigenvalue weighted by atomic mass is 9.96. The zero-order valence-electron chi connectivity index (χ0n) is 15.8. The average Bonchev–Trinajstić information content (AvgIpc) is 2.69. The van der Waals surface area contributed by atoms with E-state index in [0.717, 1.165) is 30.8 Å². The van der Waals surface area contributed by atoms with Gasteiger partial charge in [-0.15, -0.1) is 0 Å². The van der Waals surface area contributed by atoms with Gasteiger partial charge >= 0.3 is 6.09 Å². The summed E-state index contributed by atoms with van der Waals surface area (Å²) >= 11 is 6.01. The highest BCUT2D eigenvalue weighted by Crippen LogP contribution is 2.25. The van der Waals surface area contributed by atoms with Crippen molar-refractivity contribution >= 4 is 17.7 Å². The maximum Gasteiger partial charge on any atom is 0.407 e. The van der Waals surface area contributed by atoms with E-state index in [0.29, 0.717) is 39.0 Å². The molecule has 2 atom stereocenters. The molecule has 2 aliphatic heterocycles. The van der Waals surface area contributed by atoms with Crippen LogP contribution in [0.1, 0.15) is 25.3 Å². The van der Waals surface area contributed by atoms with Crippen molar-refractivity contribution < 1.29 is 19.4 Å². The molecule has 150 valence electrons. The lowest BCUT2D eigenvalue weighted by Gasteiger charge is -2.46. The van der Waals surface area contributed by atoms with Gasteiger partial charge in [0.1, 0.15) is 0 Å². The number of rotatable bonds is 6. The van der Waals surface area contributed by atoms with Crippen molar-refractivity contribution in [3.8, 4) is 0 Å². The highest BCUT2D eigenvalue weighted by atomic mass is 35.5. The minimum Gasteiger partial charge on any atom is -0.465 e. The number of carboxylic acid groups (broad SMARTS) is 1. The van der Waals surface area contributed by atoms with Gasteiger partial charge in [-0.25, -0.2) is 4.79 Å². The zero-order valence-corrected chi connectivity index (χ0v) is 16.6. The van der Waals surface area contributed by atoms with Crippen molar-refractivity contribution in [1.82, 2.24) is 9.80 Å². The van der Waals surface area contributed by atoms with Gasteiger partial charge in [0.25, 0.3) is 0 Å². The van der Waals surface area contributed by atoms with Gasteiger partial charge in [0, 0.05) is 43.3 Å². The fourth-order valence-corrected chi connectivity index (χ4v) is 4.16. The van der Waals surface area contributed by atoms with Gasteiger partial charge in [0.05, 0.1) is 19.3 Å². The molecular formula is C20H29ClN2O4. The third-order valence-corrected chi connectivity index (χ3v) is 5.76. The Hall–Kier alpha value is -1.34. The number of likely N-dealkylation sites (tertiary alicyclic amines) is 1. The van der Waals surface area contributed by atoms with Crippen molar-refractivity contribution in [1.29, 1.82) is 0 Å². The number of ether oxygens (including phenoxy) is 2. The van der Waals surface area contributed by atoms with Crippen LogP contribution in [-0.2, 0) is 15.9 Å². The number of halogens is 1. The number of hydrogen-bond acceptors (Lipinski definition) is 4. The van der Waals surface area contributed by atoms with E-state index in [-0.39, 0.29) is 12.1 Å². The van der Waals surface area contributed by atoms with Crippen LogP contribution in [0.15, 0.2) is 24.3 Å². The highest BCUT2D eigenvalue weighted by Gasteiger charge is 2.36. The van der Waals surface area contributed by atoms with Gasteiger partial charge in [-0.3, -0.25) is 4.90 Å². The van der Waals surface area contributed by atoms with E-state index in [1.165, 1.54) is 10.5 Å².